The summed E-state index contributed by atoms with van der Waals surface area (Å²) in [7, 11) is -0.0137. The summed E-state index contributed by atoms with van der Waals surface area (Å²) in [6, 6.07) is -0.539. The highest BCUT2D eigenvalue weighted by Gasteiger charge is 2.59. The van der Waals surface area contributed by atoms with Gasteiger partial charge >= 0.3 is 14.9 Å². The van der Waals surface area contributed by atoms with Gasteiger partial charge in [0.05, 0.1) is 19.3 Å². The molecule has 0 saturated carbocycles. The van der Waals surface area contributed by atoms with E-state index < -0.39 is 15.0 Å². The van der Waals surface area contributed by atoms with Gasteiger partial charge in [0, 0.05) is 20.8 Å². The zero-order valence-electron chi connectivity index (χ0n) is 11.6. The first-order valence-corrected chi connectivity index (χ1v) is 8.28. The van der Waals surface area contributed by atoms with Crippen LogP contribution in [0.1, 0.15) is 6.42 Å². The van der Waals surface area contributed by atoms with Crippen LogP contribution in [-0.2, 0) is 32.3 Å². The zero-order chi connectivity index (χ0) is 14.2. The fraction of sp³-hybridized carbons (Fsp3) is 0.909. The molecule has 3 fully saturated rings. The Hall–Kier alpha value is -0.553. The third-order valence-corrected chi connectivity index (χ3v) is 6.51. The highest BCUT2D eigenvalue weighted by atomic mass is 28.4. The number of hydrogen-bond acceptors (Lipinski definition) is 8. The Morgan fingerprint density at radius 1 is 1.40 bits per heavy atom. The molecule has 3 rings (SSSR count). The molecule has 20 heavy (non-hydrogen) atoms. The average molecular weight is 305 g/mol. The summed E-state index contributed by atoms with van der Waals surface area (Å²) in [4.78, 5) is 12.1. The third-order valence-electron chi connectivity index (χ3n) is 3.79. The first kappa shape index (κ1) is 14.4. The van der Waals surface area contributed by atoms with E-state index in [2.05, 4.69) is 0 Å². The first-order valence-electron chi connectivity index (χ1n) is 6.61. The molecule has 0 amide bonds. The van der Waals surface area contributed by atoms with Crippen molar-refractivity contribution in [1.82, 2.24) is 4.57 Å². The number of nitrogens with zero attached hydrogens (tertiary/aromatic N) is 1. The molecule has 3 unspecified atom stereocenters. The Morgan fingerprint density at radius 3 is 2.80 bits per heavy atom. The van der Waals surface area contributed by atoms with Crippen molar-refractivity contribution in [3.63, 3.8) is 0 Å². The van der Waals surface area contributed by atoms with Crippen molar-refractivity contribution >= 4 is 14.9 Å². The third kappa shape index (κ3) is 2.50. The molecule has 0 aromatic heterocycles. The molecular weight excluding hydrogens is 286 g/mol. The molecule has 0 N–H and O–H groups in total. The van der Waals surface area contributed by atoms with Crippen LogP contribution < -0.4 is 0 Å². The van der Waals surface area contributed by atoms with E-state index in [1.165, 1.54) is 14.2 Å². The van der Waals surface area contributed by atoms with Gasteiger partial charge in [-0.25, -0.2) is 4.57 Å². The van der Waals surface area contributed by atoms with Gasteiger partial charge in [-0.2, -0.15) is 0 Å². The van der Waals surface area contributed by atoms with Crippen LogP contribution >= 0.6 is 0 Å². The van der Waals surface area contributed by atoms with Gasteiger partial charge in [-0.3, -0.25) is 4.79 Å². The number of carbonyl (C=O) groups is 1. The Kier molecular flexibility index (Phi) is 4.08. The predicted molar refractivity (Wildman–Crippen MR) is 66.4 cm³/mol. The minimum atomic E-state index is -3.06. The minimum absolute atomic E-state index is 0.155. The number of epoxide rings is 1. The Labute approximate surface area is 118 Å². The quantitative estimate of drug-likeness (QED) is 0.367. The molecule has 8 nitrogen and oxygen atoms in total. The number of cyclic esters (lactones) is 1. The fourth-order valence-corrected chi connectivity index (χ4v) is 4.95. The molecule has 0 radical (unpaired) electrons. The van der Waals surface area contributed by atoms with Crippen LogP contribution in [-0.4, -0.2) is 78.5 Å². The maximum Gasteiger partial charge on any atom is 0.602 e. The number of hydrogen-bond donors (Lipinski definition) is 0. The number of carbonyl (C=O) groups excluding carboxylic acids is 1. The van der Waals surface area contributed by atoms with Gasteiger partial charge in [-0.05, 0) is 6.42 Å². The van der Waals surface area contributed by atoms with Gasteiger partial charge in [0.1, 0.15) is 12.1 Å². The highest BCUT2D eigenvalue weighted by Crippen LogP contribution is 2.31. The van der Waals surface area contributed by atoms with Crippen molar-refractivity contribution in [2.24, 2.45) is 0 Å². The minimum Gasteiger partial charge on any atom is -0.438 e. The largest absolute Gasteiger partial charge is 0.602 e. The lowest BCUT2D eigenvalue weighted by Gasteiger charge is -2.33. The molecule has 0 aliphatic carbocycles. The molecule has 0 spiro atoms. The van der Waals surface area contributed by atoms with Crippen LogP contribution in [0.4, 0.5) is 0 Å². The fourth-order valence-electron chi connectivity index (χ4n) is 2.69. The molecule has 3 saturated heterocycles. The summed E-state index contributed by atoms with van der Waals surface area (Å²) in [6.45, 7) is 1.68. The summed E-state index contributed by atoms with van der Waals surface area (Å²) in [5.74, 6) is -0.354. The number of ether oxygens (including phenoxy) is 3. The first-order chi connectivity index (χ1) is 9.70. The topological polar surface area (TPSA) is 79.0 Å². The predicted octanol–water partition coefficient (Wildman–Crippen LogP) is -0.896. The number of fused-ring (bicyclic) bond motifs is 1. The van der Waals surface area contributed by atoms with E-state index in [1.54, 1.807) is 0 Å². The van der Waals surface area contributed by atoms with E-state index >= 15 is 0 Å². The molecule has 3 aliphatic heterocycles. The van der Waals surface area contributed by atoms with E-state index in [0.717, 1.165) is 6.61 Å². The lowest BCUT2D eigenvalue weighted by molar-refractivity contribution is -0.155. The monoisotopic (exact) mass is 305 g/mol. The van der Waals surface area contributed by atoms with E-state index in [0.29, 0.717) is 19.6 Å². The van der Waals surface area contributed by atoms with E-state index in [4.69, 9.17) is 27.5 Å². The van der Waals surface area contributed by atoms with E-state index in [-0.39, 0.29) is 25.0 Å². The van der Waals surface area contributed by atoms with Crippen LogP contribution in [0.15, 0.2) is 0 Å². The molecule has 3 heterocycles. The van der Waals surface area contributed by atoms with Gasteiger partial charge in [0.2, 0.25) is 0 Å². The Morgan fingerprint density at radius 2 is 2.15 bits per heavy atom. The van der Waals surface area contributed by atoms with Crippen molar-refractivity contribution in [3.8, 4) is 0 Å². The van der Waals surface area contributed by atoms with Gasteiger partial charge in [-0.1, -0.05) is 0 Å². The molecule has 0 aromatic carbocycles. The number of esters is 1. The maximum atomic E-state index is 12.1. The van der Waals surface area contributed by atoms with Crippen LogP contribution in [0.3, 0.4) is 0 Å². The second-order valence-electron chi connectivity index (χ2n) is 4.91. The van der Waals surface area contributed by atoms with Gasteiger partial charge < -0.3 is 27.5 Å². The SMILES string of the molecule is CO[Si]1(OC)OCOC(=O)C2C(OCC3CO3)CCN21. The standard InChI is InChI=1S/C11H19NO7Si/c1-14-20(15-2)12-4-3-9(17-6-8-5-16-8)10(12)11(13)18-7-19-20/h8-10H,3-7H2,1-2H3. The summed E-state index contributed by atoms with van der Waals surface area (Å²) in [5, 5.41) is 0. The molecule has 0 bridgehead atoms. The number of rotatable bonds is 5. The van der Waals surface area contributed by atoms with Crippen LogP contribution in [0.5, 0.6) is 0 Å². The Balaban J connectivity index is 1.76. The van der Waals surface area contributed by atoms with Crippen molar-refractivity contribution in [1.29, 1.82) is 0 Å². The second kappa shape index (κ2) is 5.68. The molecule has 0 aromatic rings. The van der Waals surface area contributed by atoms with Gasteiger partial charge in [0.15, 0.2) is 6.79 Å². The van der Waals surface area contributed by atoms with E-state index in [9.17, 15) is 4.79 Å². The smallest absolute Gasteiger partial charge is 0.438 e. The molecule has 3 atom stereocenters. The molecule has 114 valence electrons. The second-order valence-corrected chi connectivity index (χ2v) is 7.64. The van der Waals surface area contributed by atoms with Crippen LogP contribution in [0.2, 0.25) is 0 Å². The van der Waals surface area contributed by atoms with Crippen LogP contribution in [0, 0.1) is 0 Å². The maximum absolute atomic E-state index is 12.1. The van der Waals surface area contributed by atoms with Crippen molar-refractivity contribution in [2.75, 3.05) is 40.8 Å². The summed E-state index contributed by atoms with van der Waals surface area (Å²) in [6.07, 6.45) is 0.622. The normalized spacial score (nSPS) is 36.3. The van der Waals surface area contributed by atoms with Crippen molar-refractivity contribution in [3.05, 3.63) is 0 Å². The summed E-state index contributed by atoms with van der Waals surface area (Å²) >= 11 is 0. The van der Waals surface area contributed by atoms with Crippen LogP contribution in [0.25, 0.3) is 0 Å². The average Bonchev–Trinajstić information content (AvgIpc) is 3.22. The van der Waals surface area contributed by atoms with E-state index in [1.807, 2.05) is 4.57 Å². The zero-order valence-corrected chi connectivity index (χ0v) is 12.6. The molecular formula is C11H19NO7Si. The summed E-state index contributed by atoms with van der Waals surface area (Å²) in [5.41, 5.74) is 0. The van der Waals surface area contributed by atoms with Gasteiger partial charge in [-0.15, -0.1) is 0 Å². The van der Waals surface area contributed by atoms with Gasteiger partial charge in [0.25, 0.3) is 0 Å². The highest BCUT2D eigenvalue weighted by molar-refractivity contribution is 6.58. The Bertz CT molecular complexity index is 374. The van der Waals surface area contributed by atoms with Crippen molar-refractivity contribution in [2.45, 2.75) is 24.7 Å². The summed E-state index contributed by atoms with van der Waals surface area (Å²) < 4.78 is 34.3. The lowest BCUT2D eigenvalue weighted by atomic mass is 10.2. The van der Waals surface area contributed by atoms with Crippen molar-refractivity contribution < 1.29 is 32.3 Å². The molecule has 3 aliphatic rings. The molecule has 9 heteroatoms. The lowest BCUT2D eigenvalue weighted by Crippen LogP contribution is -2.62.